The van der Waals surface area contributed by atoms with Crippen molar-refractivity contribution in [2.24, 2.45) is 0 Å². The zero-order chi connectivity index (χ0) is 16.3. The highest BCUT2D eigenvalue weighted by molar-refractivity contribution is 7.91. The van der Waals surface area contributed by atoms with Gasteiger partial charge in [0, 0.05) is 38.8 Å². The zero-order valence-corrected chi connectivity index (χ0v) is 15.5. The van der Waals surface area contributed by atoms with E-state index in [-0.39, 0.29) is 6.04 Å². The first kappa shape index (κ1) is 17.1. The number of rotatable bonds is 6. The van der Waals surface area contributed by atoms with Gasteiger partial charge in [-0.2, -0.15) is 11.3 Å². The van der Waals surface area contributed by atoms with Crippen LogP contribution in [0.25, 0.3) is 0 Å². The summed E-state index contributed by atoms with van der Waals surface area (Å²) in [6.07, 6.45) is 0. The van der Waals surface area contributed by atoms with Crippen molar-refractivity contribution in [3.8, 4) is 0 Å². The predicted octanol–water partition coefficient (Wildman–Crippen LogP) is 2.08. The first-order valence-electron chi connectivity index (χ1n) is 7.54. The fraction of sp³-hybridized carbons (Fsp3) is 0.467. The summed E-state index contributed by atoms with van der Waals surface area (Å²) in [5.74, 6) is 0. The Bertz CT molecular complexity index is 690. The average molecular weight is 372 g/mol. The van der Waals surface area contributed by atoms with Crippen LogP contribution in [-0.4, -0.2) is 58.0 Å². The Balaban J connectivity index is 1.72. The lowest BCUT2D eigenvalue weighted by Crippen LogP contribution is -2.48. The second kappa shape index (κ2) is 7.42. The van der Waals surface area contributed by atoms with Crippen molar-refractivity contribution in [1.29, 1.82) is 0 Å². The molecule has 0 spiro atoms. The minimum atomic E-state index is -3.42. The van der Waals surface area contributed by atoms with E-state index in [1.165, 1.54) is 16.9 Å². The molecule has 0 amide bonds. The standard InChI is InChI=1S/C15H21N3O2S3/c1-17-5-7-18(8-6-17)14(13-4-10-21-12-13)11-16-23(19,20)15-3-2-9-22-15/h2-4,9-10,12,14,16H,5-8,11H2,1H3/t14-/m1/s1. The van der Waals surface area contributed by atoms with Gasteiger partial charge < -0.3 is 4.90 Å². The summed E-state index contributed by atoms with van der Waals surface area (Å²) in [7, 11) is -1.30. The maximum atomic E-state index is 12.4. The Kier molecular flexibility index (Phi) is 5.50. The molecule has 0 saturated carbocycles. The van der Waals surface area contributed by atoms with E-state index < -0.39 is 10.0 Å². The zero-order valence-electron chi connectivity index (χ0n) is 13.0. The predicted molar refractivity (Wildman–Crippen MR) is 95.6 cm³/mol. The topological polar surface area (TPSA) is 52.6 Å². The third kappa shape index (κ3) is 4.20. The normalized spacial score (nSPS) is 19.0. The molecule has 3 heterocycles. The van der Waals surface area contributed by atoms with E-state index in [4.69, 9.17) is 0 Å². The van der Waals surface area contributed by atoms with Gasteiger partial charge in [0.05, 0.1) is 0 Å². The van der Waals surface area contributed by atoms with Crippen molar-refractivity contribution in [2.45, 2.75) is 10.3 Å². The first-order valence-corrected chi connectivity index (χ1v) is 10.8. The molecule has 1 fully saturated rings. The lowest BCUT2D eigenvalue weighted by Gasteiger charge is -2.37. The van der Waals surface area contributed by atoms with Crippen molar-refractivity contribution < 1.29 is 8.42 Å². The Labute approximate surface area is 145 Å². The lowest BCUT2D eigenvalue weighted by atomic mass is 10.1. The maximum Gasteiger partial charge on any atom is 0.250 e. The second-order valence-electron chi connectivity index (χ2n) is 5.70. The summed E-state index contributed by atoms with van der Waals surface area (Å²) in [6, 6.07) is 5.58. The van der Waals surface area contributed by atoms with Gasteiger partial charge in [0.2, 0.25) is 10.0 Å². The van der Waals surface area contributed by atoms with Crippen LogP contribution in [0, 0.1) is 0 Å². The molecule has 2 aromatic rings. The van der Waals surface area contributed by atoms with Crippen LogP contribution in [0.4, 0.5) is 0 Å². The third-order valence-corrected chi connectivity index (χ3v) is 7.66. The number of thiophene rings is 2. The molecule has 0 bridgehead atoms. The molecule has 1 atom stereocenters. The highest BCUT2D eigenvalue weighted by atomic mass is 32.2. The number of sulfonamides is 1. The molecule has 1 aliphatic heterocycles. The van der Waals surface area contributed by atoms with Gasteiger partial charge in [-0.15, -0.1) is 11.3 Å². The van der Waals surface area contributed by atoms with Gasteiger partial charge in [0.15, 0.2) is 0 Å². The Morgan fingerprint density at radius 1 is 1.22 bits per heavy atom. The van der Waals surface area contributed by atoms with Crippen molar-refractivity contribution >= 4 is 32.7 Å². The van der Waals surface area contributed by atoms with Crippen LogP contribution in [0.5, 0.6) is 0 Å². The summed E-state index contributed by atoms with van der Waals surface area (Å²) in [6.45, 7) is 4.34. The summed E-state index contributed by atoms with van der Waals surface area (Å²) in [4.78, 5) is 4.68. The van der Waals surface area contributed by atoms with E-state index in [1.807, 2.05) is 5.38 Å². The van der Waals surface area contributed by atoms with E-state index >= 15 is 0 Å². The van der Waals surface area contributed by atoms with Gasteiger partial charge in [-0.1, -0.05) is 6.07 Å². The summed E-state index contributed by atoms with van der Waals surface area (Å²) >= 11 is 2.90. The molecular formula is C15H21N3O2S3. The number of nitrogens with zero attached hydrogens (tertiary/aromatic N) is 2. The molecular weight excluding hydrogens is 350 g/mol. The molecule has 3 rings (SSSR count). The molecule has 1 aliphatic rings. The van der Waals surface area contributed by atoms with Gasteiger partial charge in [-0.05, 0) is 40.9 Å². The molecule has 126 valence electrons. The van der Waals surface area contributed by atoms with Crippen molar-refractivity contribution in [3.05, 3.63) is 39.9 Å². The Morgan fingerprint density at radius 3 is 2.61 bits per heavy atom. The number of hydrogen-bond acceptors (Lipinski definition) is 6. The summed E-state index contributed by atoms with van der Waals surface area (Å²) in [5.41, 5.74) is 1.19. The van der Waals surface area contributed by atoms with E-state index in [2.05, 4.69) is 33.0 Å². The largest absolute Gasteiger partial charge is 0.304 e. The van der Waals surface area contributed by atoms with Crippen LogP contribution in [-0.2, 0) is 10.0 Å². The van der Waals surface area contributed by atoms with Crippen LogP contribution in [0.3, 0.4) is 0 Å². The van der Waals surface area contributed by atoms with Crippen molar-refractivity contribution in [1.82, 2.24) is 14.5 Å². The van der Waals surface area contributed by atoms with Crippen molar-refractivity contribution in [2.75, 3.05) is 39.8 Å². The van der Waals surface area contributed by atoms with Gasteiger partial charge in [-0.3, -0.25) is 4.90 Å². The van der Waals surface area contributed by atoms with Gasteiger partial charge in [0.1, 0.15) is 4.21 Å². The maximum absolute atomic E-state index is 12.4. The van der Waals surface area contributed by atoms with E-state index in [1.54, 1.807) is 28.8 Å². The molecule has 1 N–H and O–H groups in total. The van der Waals surface area contributed by atoms with Crippen LogP contribution in [0.15, 0.2) is 38.5 Å². The van der Waals surface area contributed by atoms with Crippen LogP contribution in [0.2, 0.25) is 0 Å². The van der Waals surface area contributed by atoms with Crippen LogP contribution in [0.1, 0.15) is 11.6 Å². The molecule has 0 radical (unpaired) electrons. The quantitative estimate of drug-likeness (QED) is 0.845. The van der Waals surface area contributed by atoms with Gasteiger partial charge >= 0.3 is 0 Å². The number of nitrogens with one attached hydrogen (secondary N) is 1. The Morgan fingerprint density at radius 2 is 2.00 bits per heavy atom. The Hall–Kier alpha value is -0.770. The minimum Gasteiger partial charge on any atom is -0.304 e. The average Bonchev–Trinajstić information content (AvgIpc) is 3.23. The lowest BCUT2D eigenvalue weighted by molar-refractivity contribution is 0.113. The number of piperazine rings is 1. The minimum absolute atomic E-state index is 0.0877. The third-order valence-electron chi connectivity index (χ3n) is 4.13. The summed E-state index contributed by atoms with van der Waals surface area (Å²) < 4.78 is 27.9. The van der Waals surface area contributed by atoms with E-state index in [9.17, 15) is 8.42 Å². The van der Waals surface area contributed by atoms with Crippen LogP contribution >= 0.6 is 22.7 Å². The molecule has 0 aliphatic carbocycles. The first-order chi connectivity index (χ1) is 11.1. The molecule has 1 saturated heterocycles. The van der Waals surface area contributed by atoms with Gasteiger partial charge in [0.25, 0.3) is 0 Å². The number of hydrogen-bond donors (Lipinski definition) is 1. The fourth-order valence-electron chi connectivity index (χ4n) is 2.73. The second-order valence-corrected chi connectivity index (χ2v) is 9.42. The molecule has 2 aromatic heterocycles. The van der Waals surface area contributed by atoms with E-state index in [0.717, 1.165) is 26.2 Å². The van der Waals surface area contributed by atoms with Crippen LogP contribution < -0.4 is 4.72 Å². The van der Waals surface area contributed by atoms with Gasteiger partial charge in [-0.25, -0.2) is 13.1 Å². The highest BCUT2D eigenvalue weighted by Crippen LogP contribution is 2.25. The molecule has 5 nitrogen and oxygen atoms in total. The monoisotopic (exact) mass is 371 g/mol. The molecule has 0 aromatic carbocycles. The summed E-state index contributed by atoms with van der Waals surface area (Å²) in [5, 5.41) is 5.94. The number of likely N-dealkylation sites (N-methyl/N-ethyl adjacent to an activating group) is 1. The van der Waals surface area contributed by atoms with Crippen molar-refractivity contribution in [3.63, 3.8) is 0 Å². The fourth-order valence-corrected chi connectivity index (χ4v) is 5.52. The molecule has 0 unspecified atom stereocenters. The molecule has 23 heavy (non-hydrogen) atoms. The highest BCUT2D eigenvalue weighted by Gasteiger charge is 2.26. The SMILES string of the molecule is CN1CCN([C@H](CNS(=O)(=O)c2cccs2)c2ccsc2)CC1. The smallest absolute Gasteiger partial charge is 0.250 e. The van der Waals surface area contributed by atoms with E-state index in [0.29, 0.717) is 10.8 Å². The molecule has 8 heteroatoms.